The molecule has 0 saturated carbocycles. The van der Waals surface area contributed by atoms with Gasteiger partial charge < -0.3 is 20.3 Å². The molecule has 1 heterocycles. The maximum absolute atomic E-state index is 11.7. The van der Waals surface area contributed by atoms with Crippen molar-refractivity contribution in [2.24, 2.45) is 5.73 Å². The fourth-order valence-electron chi connectivity index (χ4n) is 1.68. The Kier molecular flexibility index (Phi) is 4.89. The van der Waals surface area contributed by atoms with Crippen molar-refractivity contribution >= 4 is 23.1 Å². The van der Waals surface area contributed by atoms with E-state index in [9.17, 15) is 4.79 Å². The molecule has 3 N–H and O–H groups in total. The van der Waals surface area contributed by atoms with Crippen LogP contribution < -0.4 is 15.8 Å². The van der Waals surface area contributed by atoms with Crippen LogP contribution in [0.15, 0.2) is 34.9 Å². The molecular weight excluding hydrogens is 290 g/mol. The van der Waals surface area contributed by atoms with Gasteiger partial charge in [-0.1, -0.05) is 29.5 Å². The van der Waals surface area contributed by atoms with Gasteiger partial charge in [-0.05, 0) is 19.1 Å². The van der Waals surface area contributed by atoms with Crippen LogP contribution in [-0.4, -0.2) is 22.7 Å². The first-order valence-corrected chi connectivity index (χ1v) is 6.67. The van der Waals surface area contributed by atoms with E-state index in [0.717, 1.165) is 5.69 Å². The van der Waals surface area contributed by atoms with E-state index in [1.807, 2.05) is 6.92 Å². The number of para-hydroxylation sites is 1. The Balaban J connectivity index is 1.85. The quantitative estimate of drug-likeness (QED) is 0.782. The molecule has 21 heavy (non-hydrogen) atoms. The normalized spacial score (nSPS) is 10.1. The number of aromatic nitrogens is 1. The van der Waals surface area contributed by atoms with Gasteiger partial charge in [0, 0.05) is 6.07 Å². The smallest absolute Gasteiger partial charge is 0.258 e. The van der Waals surface area contributed by atoms with E-state index in [-0.39, 0.29) is 24.0 Å². The van der Waals surface area contributed by atoms with Crippen LogP contribution in [0, 0.1) is 6.92 Å². The third-order valence-corrected chi connectivity index (χ3v) is 2.87. The number of rotatable bonds is 6. The molecule has 0 aliphatic heterocycles. The molecule has 7 heteroatoms. The van der Waals surface area contributed by atoms with Crippen LogP contribution in [0.5, 0.6) is 5.75 Å². The van der Waals surface area contributed by atoms with Crippen molar-refractivity contribution < 1.29 is 14.1 Å². The topological polar surface area (TPSA) is 90.4 Å². The lowest BCUT2D eigenvalue weighted by molar-refractivity contribution is -0.123. The second-order valence-corrected chi connectivity index (χ2v) is 4.80. The van der Waals surface area contributed by atoms with Gasteiger partial charge in [-0.25, -0.2) is 0 Å². The van der Waals surface area contributed by atoms with Crippen molar-refractivity contribution in [2.45, 2.75) is 13.5 Å². The van der Waals surface area contributed by atoms with Gasteiger partial charge in [-0.3, -0.25) is 4.79 Å². The Morgan fingerprint density at radius 1 is 1.48 bits per heavy atom. The van der Waals surface area contributed by atoms with Crippen LogP contribution in [0.1, 0.15) is 17.0 Å². The molecule has 1 aromatic carbocycles. The Hall–Kier alpha value is -2.41. The lowest BCUT2D eigenvalue weighted by Gasteiger charge is -2.10. The maximum Gasteiger partial charge on any atom is 0.258 e. The molecule has 2 rings (SSSR count). The maximum atomic E-state index is 11.7. The Morgan fingerprint density at radius 2 is 2.24 bits per heavy atom. The highest BCUT2D eigenvalue weighted by Crippen LogP contribution is 2.17. The summed E-state index contributed by atoms with van der Waals surface area (Å²) in [6.45, 7) is 1.94. The molecule has 0 spiro atoms. The predicted molar refractivity (Wildman–Crippen MR) is 80.9 cm³/mol. The summed E-state index contributed by atoms with van der Waals surface area (Å²) in [5.74, 6) is 0.793. The van der Waals surface area contributed by atoms with Gasteiger partial charge in [0.15, 0.2) is 12.4 Å². The van der Waals surface area contributed by atoms with Crippen molar-refractivity contribution in [2.75, 3.05) is 6.61 Å². The Morgan fingerprint density at radius 3 is 2.90 bits per heavy atom. The number of nitrogens with one attached hydrogen (secondary N) is 1. The summed E-state index contributed by atoms with van der Waals surface area (Å²) in [5, 5.41) is 6.40. The Bertz CT molecular complexity index is 654. The van der Waals surface area contributed by atoms with Gasteiger partial charge in [-0.15, -0.1) is 0 Å². The third-order valence-electron chi connectivity index (χ3n) is 2.65. The second kappa shape index (κ2) is 6.85. The fraction of sp³-hybridized carbons (Fsp3) is 0.214. The number of thiocarbonyl (C=S) groups is 1. The van der Waals surface area contributed by atoms with Crippen molar-refractivity contribution in [3.63, 3.8) is 0 Å². The minimum Gasteiger partial charge on any atom is -0.483 e. The first kappa shape index (κ1) is 15.0. The van der Waals surface area contributed by atoms with Crippen LogP contribution in [0.25, 0.3) is 0 Å². The largest absolute Gasteiger partial charge is 0.483 e. The Labute approximate surface area is 127 Å². The number of nitrogens with two attached hydrogens (primary N) is 1. The van der Waals surface area contributed by atoms with E-state index in [4.69, 9.17) is 27.2 Å². The number of hydrogen-bond acceptors (Lipinski definition) is 5. The van der Waals surface area contributed by atoms with Crippen LogP contribution in [0.4, 0.5) is 0 Å². The molecule has 110 valence electrons. The van der Waals surface area contributed by atoms with Gasteiger partial charge in [0.25, 0.3) is 5.91 Å². The second-order valence-electron chi connectivity index (χ2n) is 4.36. The third kappa shape index (κ3) is 4.28. The highest BCUT2D eigenvalue weighted by molar-refractivity contribution is 7.80. The zero-order chi connectivity index (χ0) is 15.2. The van der Waals surface area contributed by atoms with Crippen molar-refractivity contribution in [3.8, 4) is 5.75 Å². The van der Waals surface area contributed by atoms with E-state index >= 15 is 0 Å². The zero-order valence-electron chi connectivity index (χ0n) is 11.5. The lowest BCUT2D eigenvalue weighted by atomic mass is 10.2. The highest BCUT2D eigenvalue weighted by Gasteiger charge is 2.09. The summed E-state index contributed by atoms with van der Waals surface area (Å²) in [6.07, 6.45) is 0. The number of aryl methyl sites for hydroxylation is 1. The van der Waals surface area contributed by atoms with Crippen LogP contribution >= 0.6 is 12.2 Å². The van der Waals surface area contributed by atoms with E-state index in [1.54, 1.807) is 30.3 Å². The van der Waals surface area contributed by atoms with Crippen LogP contribution in [0.3, 0.4) is 0 Å². The minimum absolute atomic E-state index is 0.132. The molecule has 0 radical (unpaired) electrons. The standard InChI is InChI=1S/C14H15N3O3S/c1-9-6-10(20-17-9)7-16-13(18)8-19-12-5-3-2-4-11(12)14(15)21/h2-6H,7-8H2,1H3,(H2,15,21)(H,16,18). The summed E-state index contributed by atoms with van der Waals surface area (Å²) in [4.78, 5) is 11.9. The van der Waals surface area contributed by atoms with Crippen molar-refractivity contribution in [3.05, 3.63) is 47.3 Å². The van der Waals surface area contributed by atoms with Crippen molar-refractivity contribution in [1.82, 2.24) is 10.5 Å². The monoisotopic (exact) mass is 305 g/mol. The first-order chi connectivity index (χ1) is 10.1. The van der Waals surface area contributed by atoms with Crippen LogP contribution in [0.2, 0.25) is 0 Å². The summed E-state index contributed by atoms with van der Waals surface area (Å²) >= 11 is 4.92. The molecule has 2 aromatic rings. The molecule has 0 saturated heterocycles. The number of benzene rings is 1. The zero-order valence-corrected chi connectivity index (χ0v) is 12.3. The minimum atomic E-state index is -0.276. The van der Waals surface area contributed by atoms with E-state index in [1.165, 1.54) is 0 Å². The van der Waals surface area contributed by atoms with Gasteiger partial charge in [-0.2, -0.15) is 0 Å². The summed E-state index contributed by atoms with van der Waals surface area (Å²) < 4.78 is 10.4. The molecule has 1 aromatic heterocycles. The average Bonchev–Trinajstić information content (AvgIpc) is 2.88. The van der Waals surface area contributed by atoms with Gasteiger partial charge in [0.1, 0.15) is 10.7 Å². The average molecular weight is 305 g/mol. The number of carbonyl (C=O) groups excluding carboxylic acids is 1. The molecule has 0 unspecified atom stereocenters. The number of amides is 1. The predicted octanol–water partition coefficient (Wildman–Crippen LogP) is 1.31. The summed E-state index contributed by atoms with van der Waals surface area (Å²) in [5.41, 5.74) is 6.96. The van der Waals surface area contributed by atoms with E-state index < -0.39 is 0 Å². The van der Waals surface area contributed by atoms with Gasteiger partial charge in [0.05, 0.1) is 17.8 Å². The molecule has 0 aliphatic rings. The summed E-state index contributed by atoms with van der Waals surface area (Å²) in [6, 6.07) is 8.79. The number of ether oxygens (including phenoxy) is 1. The van der Waals surface area contributed by atoms with Crippen LogP contribution in [-0.2, 0) is 11.3 Å². The molecule has 6 nitrogen and oxygen atoms in total. The first-order valence-electron chi connectivity index (χ1n) is 6.27. The highest BCUT2D eigenvalue weighted by atomic mass is 32.1. The van der Waals surface area contributed by atoms with Gasteiger partial charge in [0.2, 0.25) is 0 Å². The number of hydrogen-bond donors (Lipinski definition) is 2. The van der Waals surface area contributed by atoms with Gasteiger partial charge >= 0.3 is 0 Å². The fourth-order valence-corrected chi connectivity index (χ4v) is 1.84. The molecule has 0 bridgehead atoms. The van der Waals surface area contributed by atoms with E-state index in [0.29, 0.717) is 17.1 Å². The van der Waals surface area contributed by atoms with E-state index in [2.05, 4.69) is 10.5 Å². The molecule has 0 aliphatic carbocycles. The molecule has 0 fully saturated rings. The number of carbonyl (C=O) groups is 1. The SMILES string of the molecule is Cc1cc(CNC(=O)COc2ccccc2C(N)=S)on1. The molecular formula is C14H15N3O3S. The summed E-state index contributed by atoms with van der Waals surface area (Å²) in [7, 11) is 0. The molecule has 0 atom stereocenters. The number of nitrogens with zero attached hydrogens (tertiary/aromatic N) is 1. The van der Waals surface area contributed by atoms with Crippen molar-refractivity contribution in [1.29, 1.82) is 0 Å². The lowest BCUT2D eigenvalue weighted by Crippen LogP contribution is -2.28. The molecule has 1 amide bonds.